The number of carbonyl (C=O) groups is 1. The van der Waals surface area contributed by atoms with Crippen LogP contribution in [0.2, 0.25) is 0 Å². The predicted octanol–water partition coefficient (Wildman–Crippen LogP) is 2.26. The van der Waals surface area contributed by atoms with E-state index in [0.717, 1.165) is 15.7 Å². The van der Waals surface area contributed by atoms with Gasteiger partial charge in [0.25, 0.3) is 0 Å². The van der Waals surface area contributed by atoms with Crippen LogP contribution in [0.3, 0.4) is 0 Å². The summed E-state index contributed by atoms with van der Waals surface area (Å²) in [6.07, 6.45) is 1.98. The average Bonchev–Trinajstić information content (AvgIpc) is 2.13. The third-order valence-electron chi connectivity index (χ3n) is 1.78. The Labute approximate surface area is 91.6 Å². The molecular weight excluding hydrogens is 246 g/mol. The highest BCUT2D eigenvalue weighted by molar-refractivity contribution is 9.10. The number of carbonyl (C=O) groups excluding carboxylic acids is 1. The number of hydrogen-bond donors (Lipinski definition) is 0. The van der Waals surface area contributed by atoms with E-state index in [1.807, 2.05) is 13.0 Å². The van der Waals surface area contributed by atoms with E-state index in [0.29, 0.717) is 6.61 Å². The fourth-order valence-electron chi connectivity index (χ4n) is 1.11. The van der Waals surface area contributed by atoms with E-state index < -0.39 is 0 Å². The van der Waals surface area contributed by atoms with E-state index in [1.54, 1.807) is 13.1 Å². The van der Waals surface area contributed by atoms with Crippen molar-refractivity contribution in [1.82, 2.24) is 4.98 Å². The number of rotatable bonds is 3. The lowest BCUT2D eigenvalue weighted by Crippen LogP contribution is -2.08. The summed E-state index contributed by atoms with van der Waals surface area (Å²) in [4.78, 5) is 15.3. The van der Waals surface area contributed by atoms with Crippen molar-refractivity contribution in [2.45, 2.75) is 20.3 Å². The Bertz CT molecular complexity index is 339. The van der Waals surface area contributed by atoms with Crippen LogP contribution in [0.4, 0.5) is 0 Å². The van der Waals surface area contributed by atoms with E-state index >= 15 is 0 Å². The highest BCUT2D eigenvalue weighted by Crippen LogP contribution is 2.19. The molecule has 0 radical (unpaired) electrons. The van der Waals surface area contributed by atoms with Gasteiger partial charge in [-0.15, -0.1) is 0 Å². The number of aromatic nitrogens is 1. The summed E-state index contributed by atoms with van der Waals surface area (Å²) in [5.41, 5.74) is 1.79. The minimum atomic E-state index is -0.209. The van der Waals surface area contributed by atoms with E-state index in [1.165, 1.54) is 0 Å². The van der Waals surface area contributed by atoms with Gasteiger partial charge in [-0.2, -0.15) is 0 Å². The van der Waals surface area contributed by atoms with Gasteiger partial charge in [-0.1, -0.05) is 0 Å². The third kappa shape index (κ3) is 2.80. The van der Waals surface area contributed by atoms with Gasteiger partial charge in [-0.05, 0) is 41.4 Å². The Morgan fingerprint density at radius 3 is 3.00 bits per heavy atom. The van der Waals surface area contributed by atoms with Crippen molar-refractivity contribution in [1.29, 1.82) is 0 Å². The van der Waals surface area contributed by atoms with Gasteiger partial charge in [0.05, 0.1) is 18.7 Å². The van der Waals surface area contributed by atoms with Crippen LogP contribution >= 0.6 is 15.9 Å². The largest absolute Gasteiger partial charge is 0.466 e. The molecule has 0 fully saturated rings. The molecule has 1 aromatic rings. The van der Waals surface area contributed by atoms with Gasteiger partial charge >= 0.3 is 5.97 Å². The quantitative estimate of drug-likeness (QED) is 0.780. The average molecular weight is 258 g/mol. The first kappa shape index (κ1) is 11.2. The van der Waals surface area contributed by atoms with Crippen LogP contribution in [-0.2, 0) is 16.0 Å². The molecule has 1 rings (SSSR count). The number of hydrogen-bond acceptors (Lipinski definition) is 3. The Hall–Kier alpha value is -0.900. The number of nitrogens with zero attached hydrogens (tertiary/aromatic N) is 1. The standard InChI is InChI=1S/C10H12BrNO2/c1-3-14-9(13)6-8-4-5-12-7(2)10(8)11/h4-5H,3,6H2,1-2H3. The number of pyridine rings is 1. The summed E-state index contributed by atoms with van der Waals surface area (Å²) in [5.74, 6) is -0.209. The second-order valence-corrected chi connectivity index (χ2v) is 3.64. The zero-order chi connectivity index (χ0) is 10.6. The highest BCUT2D eigenvalue weighted by Gasteiger charge is 2.08. The lowest BCUT2D eigenvalue weighted by Gasteiger charge is -2.05. The van der Waals surface area contributed by atoms with Gasteiger partial charge < -0.3 is 4.74 Å². The second kappa shape index (κ2) is 5.10. The maximum absolute atomic E-state index is 11.2. The van der Waals surface area contributed by atoms with Crippen LogP contribution in [0.5, 0.6) is 0 Å². The first-order valence-electron chi connectivity index (χ1n) is 4.40. The molecule has 0 N–H and O–H groups in total. The molecule has 0 amide bonds. The van der Waals surface area contributed by atoms with Crippen molar-refractivity contribution in [3.8, 4) is 0 Å². The normalized spacial score (nSPS) is 9.93. The minimum Gasteiger partial charge on any atom is -0.466 e. The number of aryl methyl sites for hydroxylation is 1. The summed E-state index contributed by atoms with van der Waals surface area (Å²) < 4.78 is 5.74. The van der Waals surface area contributed by atoms with E-state index in [2.05, 4.69) is 20.9 Å². The lowest BCUT2D eigenvalue weighted by atomic mass is 10.2. The minimum absolute atomic E-state index is 0.209. The van der Waals surface area contributed by atoms with Gasteiger partial charge in [-0.3, -0.25) is 9.78 Å². The third-order valence-corrected chi connectivity index (χ3v) is 2.87. The first-order valence-corrected chi connectivity index (χ1v) is 5.20. The van der Waals surface area contributed by atoms with Crippen LogP contribution in [0.25, 0.3) is 0 Å². The van der Waals surface area contributed by atoms with Crippen LogP contribution in [0.1, 0.15) is 18.2 Å². The molecule has 76 valence electrons. The molecule has 14 heavy (non-hydrogen) atoms. The summed E-state index contributed by atoms with van der Waals surface area (Å²) in [5, 5.41) is 0. The molecule has 0 spiro atoms. The van der Waals surface area contributed by atoms with Crippen molar-refractivity contribution < 1.29 is 9.53 Å². The molecule has 1 heterocycles. The zero-order valence-electron chi connectivity index (χ0n) is 8.21. The number of esters is 1. The van der Waals surface area contributed by atoms with Gasteiger partial charge in [0, 0.05) is 10.7 Å². The molecule has 0 bridgehead atoms. The fraction of sp³-hybridized carbons (Fsp3) is 0.400. The Morgan fingerprint density at radius 1 is 1.64 bits per heavy atom. The fourth-order valence-corrected chi connectivity index (χ4v) is 1.48. The molecule has 0 saturated carbocycles. The molecule has 3 nitrogen and oxygen atoms in total. The molecule has 0 unspecified atom stereocenters. The van der Waals surface area contributed by atoms with Crippen molar-refractivity contribution in [3.63, 3.8) is 0 Å². The summed E-state index contributed by atoms with van der Waals surface area (Å²) in [6.45, 7) is 4.10. The molecule has 0 saturated heterocycles. The molecule has 0 aromatic carbocycles. The summed E-state index contributed by atoms with van der Waals surface area (Å²) in [6, 6.07) is 1.81. The van der Waals surface area contributed by atoms with Crippen LogP contribution in [-0.4, -0.2) is 17.6 Å². The Kier molecular flexibility index (Phi) is 4.07. The van der Waals surface area contributed by atoms with E-state index in [4.69, 9.17) is 4.74 Å². The van der Waals surface area contributed by atoms with Crippen LogP contribution < -0.4 is 0 Å². The van der Waals surface area contributed by atoms with Crippen LogP contribution in [0.15, 0.2) is 16.7 Å². The smallest absolute Gasteiger partial charge is 0.310 e. The first-order chi connectivity index (χ1) is 6.65. The molecule has 4 heteroatoms. The number of halogens is 1. The molecule has 0 atom stereocenters. The van der Waals surface area contributed by atoms with Crippen molar-refractivity contribution in [2.75, 3.05) is 6.61 Å². The van der Waals surface area contributed by atoms with Gasteiger partial charge in [0.1, 0.15) is 0 Å². The number of ether oxygens (including phenoxy) is 1. The van der Waals surface area contributed by atoms with Crippen molar-refractivity contribution >= 4 is 21.9 Å². The molecule has 0 aliphatic carbocycles. The van der Waals surface area contributed by atoms with Gasteiger partial charge in [0.15, 0.2) is 0 Å². The zero-order valence-corrected chi connectivity index (χ0v) is 9.80. The maximum atomic E-state index is 11.2. The molecule has 0 aliphatic heterocycles. The molecule has 1 aromatic heterocycles. The Morgan fingerprint density at radius 2 is 2.36 bits per heavy atom. The van der Waals surface area contributed by atoms with Gasteiger partial charge in [0.2, 0.25) is 0 Å². The maximum Gasteiger partial charge on any atom is 0.310 e. The topological polar surface area (TPSA) is 39.2 Å². The lowest BCUT2D eigenvalue weighted by molar-refractivity contribution is -0.142. The monoisotopic (exact) mass is 257 g/mol. The van der Waals surface area contributed by atoms with Crippen molar-refractivity contribution in [3.05, 3.63) is 28.0 Å². The van der Waals surface area contributed by atoms with Gasteiger partial charge in [-0.25, -0.2) is 0 Å². The van der Waals surface area contributed by atoms with Crippen molar-refractivity contribution in [2.24, 2.45) is 0 Å². The second-order valence-electron chi connectivity index (χ2n) is 2.85. The summed E-state index contributed by atoms with van der Waals surface area (Å²) >= 11 is 3.39. The molecular formula is C10H12BrNO2. The predicted molar refractivity (Wildman–Crippen MR) is 57.0 cm³/mol. The molecule has 0 aliphatic rings. The SMILES string of the molecule is CCOC(=O)Cc1ccnc(C)c1Br. The van der Waals surface area contributed by atoms with Crippen LogP contribution in [0, 0.1) is 6.92 Å². The van der Waals surface area contributed by atoms with E-state index in [9.17, 15) is 4.79 Å². The summed E-state index contributed by atoms with van der Waals surface area (Å²) in [7, 11) is 0. The van der Waals surface area contributed by atoms with E-state index in [-0.39, 0.29) is 12.4 Å². The Balaban J connectivity index is 2.76. The highest BCUT2D eigenvalue weighted by atomic mass is 79.9.